The Morgan fingerprint density at radius 2 is 1.03 bits per heavy atom. The fourth-order valence-corrected chi connectivity index (χ4v) is 10.0. The van der Waals surface area contributed by atoms with Crippen LogP contribution in [0.5, 0.6) is 11.5 Å². The summed E-state index contributed by atoms with van der Waals surface area (Å²) in [5, 5.41) is 2.42. The average molecular weight is 939 g/mol. The van der Waals surface area contributed by atoms with Gasteiger partial charge >= 0.3 is 0 Å². The van der Waals surface area contributed by atoms with E-state index in [1.165, 1.54) is 44.2 Å². The maximum atomic E-state index is 7.27. The number of hydrogen-bond acceptors (Lipinski definition) is 2. The highest BCUT2D eigenvalue weighted by atomic mass is 16.5. The van der Waals surface area contributed by atoms with Crippen LogP contribution in [0.4, 0.5) is 0 Å². The second-order valence-electron chi connectivity index (χ2n) is 25.0. The van der Waals surface area contributed by atoms with E-state index in [-0.39, 0.29) is 27.1 Å². The lowest BCUT2D eigenvalue weighted by Gasteiger charge is -2.30. The van der Waals surface area contributed by atoms with E-state index in [0.29, 0.717) is 0 Å². The van der Waals surface area contributed by atoms with Crippen LogP contribution in [-0.2, 0) is 32.5 Å². The van der Waals surface area contributed by atoms with Gasteiger partial charge in [-0.15, -0.1) is 0 Å². The smallest absolute Gasteiger partial charge is 0.269 e. The molecule has 0 spiro atoms. The largest absolute Gasteiger partial charge is 0.458 e. The Hall–Kier alpha value is -6.72. The van der Waals surface area contributed by atoms with Gasteiger partial charge in [-0.2, -0.15) is 0 Å². The van der Waals surface area contributed by atoms with Crippen molar-refractivity contribution in [1.82, 2.24) is 14.1 Å². The summed E-state index contributed by atoms with van der Waals surface area (Å²) in [5.41, 5.74) is 12.9. The van der Waals surface area contributed by atoms with Gasteiger partial charge < -0.3 is 4.74 Å². The summed E-state index contributed by atoms with van der Waals surface area (Å²) in [5.74, 6) is 2.44. The second-order valence-corrected chi connectivity index (χ2v) is 25.0. The number of rotatable bonds is 9. The first kappa shape index (κ1) is 49.3. The number of imidazole rings is 1. The maximum absolute atomic E-state index is 7.27. The molecule has 0 saturated heterocycles. The van der Waals surface area contributed by atoms with Crippen LogP contribution in [0.15, 0.2) is 158 Å². The van der Waals surface area contributed by atoms with Gasteiger partial charge in [-0.05, 0) is 115 Å². The monoisotopic (exact) mass is 939 g/mol. The second kappa shape index (κ2) is 17.5. The fraction of sp³-hybridized carbons (Fsp3) is 0.333. The van der Waals surface area contributed by atoms with Crippen molar-refractivity contribution in [2.75, 3.05) is 0 Å². The van der Waals surface area contributed by atoms with Crippen molar-refractivity contribution in [2.24, 2.45) is 0 Å². The predicted octanol–water partition coefficient (Wildman–Crippen LogP) is 16.7. The van der Waals surface area contributed by atoms with Gasteiger partial charge in [0, 0.05) is 40.1 Å². The van der Waals surface area contributed by atoms with E-state index in [0.717, 1.165) is 51.0 Å². The minimum Gasteiger partial charge on any atom is -0.458 e. The van der Waals surface area contributed by atoms with Crippen molar-refractivity contribution in [3.63, 3.8) is 0 Å². The highest BCUT2D eigenvalue weighted by Gasteiger charge is 2.32. The lowest BCUT2D eigenvalue weighted by Crippen LogP contribution is -2.31. The van der Waals surface area contributed by atoms with Gasteiger partial charge in [-0.25, -0.2) is 4.98 Å². The molecule has 0 aliphatic rings. The number of pyridine rings is 1. The van der Waals surface area contributed by atoms with E-state index >= 15 is 0 Å². The third-order valence-corrected chi connectivity index (χ3v) is 14.8. The van der Waals surface area contributed by atoms with E-state index in [1.54, 1.807) is 0 Å². The summed E-state index contributed by atoms with van der Waals surface area (Å²) in [6.07, 6.45) is 8.17. The molecule has 0 fully saturated rings. The number of nitrogens with zero attached hydrogens (tertiary/aromatic N) is 4. The zero-order valence-corrected chi connectivity index (χ0v) is 45.2. The van der Waals surface area contributed by atoms with Gasteiger partial charge in [0.05, 0.1) is 28.1 Å². The average Bonchev–Trinajstić information content (AvgIpc) is 3.92. The SMILES string of the molecule is CC(C)(C)c1cc(Oc2cc(C(C)(C)C)c3c4ccccc4n(-c4cc(C(C)(C)C)ccn4)c3c2)cc(-n2[c-][n+](-c3cc(C(C)(C)C)cc(C(C)(C)c4ccccc4)c3)cc2C(C)(C)c2ccccc2)c1. The van der Waals surface area contributed by atoms with Gasteiger partial charge in [0.15, 0.2) is 0 Å². The molecule has 0 aliphatic heterocycles. The number of fused-ring (bicyclic) bond motifs is 3. The van der Waals surface area contributed by atoms with Crippen LogP contribution < -0.4 is 9.30 Å². The van der Waals surface area contributed by atoms with Gasteiger partial charge in [-0.3, -0.25) is 13.7 Å². The molecular formula is C66H74N4O. The van der Waals surface area contributed by atoms with E-state index in [9.17, 15) is 0 Å². The third kappa shape index (κ3) is 9.49. The van der Waals surface area contributed by atoms with Crippen LogP contribution >= 0.6 is 0 Å². The number of benzene rings is 6. The summed E-state index contributed by atoms with van der Waals surface area (Å²) in [7, 11) is 0. The van der Waals surface area contributed by atoms with Gasteiger partial charge in [-0.1, -0.05) is 196 Å². The Kier molecular flexibility index (Phi) is 12.2. The van der Waals surface area contributed by atoms with Gasteiger partial charge in [0.1, 0.15) is 17.3 Å². The predicted molar refractivity (Wildman–Crippen MR) is 297 cm³/mol. The molecule has 0 N–H and O–H groups in total. The first-order chi connectivity index (χ1) is 33.2. The van der Waals surface area contributed by atoms with Crippen LogP contribution in [0.25, 0.3) is 39.0 Å². The summed E-state index contributed by atoms with van der Waals surface area (Å²) in [6.45, 7) is 36.7. The standard InChI is InChI=1S/C66H74N4O/c1-61(2,3)46-31-32-67-59(38-46)70-56-30-24-23-29-54(56)60-55(64(10,11)12)40-53(41-57(60)70)71-52-37-48(63(7,8)9)35-51(39-52)69-43-68(42-58(69)66(15,16)45-27-21-18-22-28-45)50-34-47(62(4,5)6)33-49(36-50)65(13,14)44-25-19-17-20-26-44/h17-42H,1-16H3. The fourth-order valence-electron chi connectivity index (χ4n) is 10.0. The molecule has 0 radical (unpaired) electrons. The minimum absolute atomic E-state index is 0.0393. The van der Waals surface area contributed by atoms with Gasteiger partial charge in [0.25, 0.3) is 6.33 Å². The lowest BCUT2D eigenvalue weighted by atomic mass is 9.75. The van der Waals surface area contributed by atoms with Crippen LogP contribution in [0.2, 0.25) is 0 Å². The highest BCUT2D eigenvalue weighted by Crippen LogP contribution is 2.44. The Labute approximate surface area is 424 Å². The van der Waals surface area contributed by atoms with E-state index in [4.69, 9.17) is 9.72 Å². The normalized spacial score (nSPS) is 13.1. The molecule has 0 atom stereocenters. The molecule has 9 rings (SSSR count). The Morgan fingerprint density at radius 1 is 0.465 bits per heavy atom. The third-order valence-electron chi connectivity index (χ3n) is 14.8. The number of hydrogen-bond donors (Lipinski definition) is 0. The van der Waals surface area contributed by atoms with Crippen LogP contribution in [0, 0.1) is 6.33 Å². The molecule has 0 aliphatic carbocycles. The molecule has 3 aromatic heterocycles. The minimum atomic E-state index is -0.409. The molecule has 0 unspecified atom stereocenters. The number of aromatic nitrogens is 4. The molecule has 9 aromatic rings. The summed E-state index contributed by atoms with van der Waals surface area (Å²) in [6, 6.07) is 53.1. The molecule has 0 bridgehead atoms. The summed E-state index contributed by atoms with van der Waals surface area (Å²) < 4.78 is 14.1. The molecule has 5 heteroatoms. The molecule has 364 valence electrons. The molecular weight excluding hydrogens is 865 g/mol. The maximum Gasteiger partial charge on any atom is 0.269 e. The van der Waals surface area contributed by atoms with E-state index in [1.807, 2.05) is 6.20 Å². The van der Waals surface area contributed by atoms with E-state index < -0.39 is 5.41 Å². The highest BCUT2D eigenvalue weighted by molar-refractivity contribution is 6.11. The van der Waals surface area contributed by atoms with Crippen LogP contribution in [0.1, 0.15) is 155 Å². The zero-order chi connectivity index (χ0) is 51.1. The van der Waals surface area contributed by atoms with Crippen molar-refractivity contribution in [2.45, 2.75) is 143 Å². The topological polar surface area (TPSA) is 35.9 Å². The number of ether oxygens (including phenoxy) is 1. The Morgan fingerprint density at radius 3 is 1.65 bits per heavy atom. The van der Waals surface area contributed by atoms with Crippen LogP contribution in [-0.4, -0.2) is 14.1 Å². The molecule has 0 amide bonds. The molecule has 3 heterocycles. The number of para-hydroxylation sites is 1. The van der Waals surface area contributed by atoms with E-state index in [2.05, 4.69) is 283 Å². The molecule has 5 nitrogen and oxygen atoms in total. The first-order valence-electron chi connectivity index (χ1n) is 25.4. The van der Waals surface area contributed by atoms with Crippen molar-refractivity contribution in [3.8, 4) is 28.7 Å². The molecule has 6 aromatic carbocycles. The zero-order valence-electron chi connectivity index (χ0n) is 45.2. The van der Waals surface area contributed by atoms with Crippen molar-refractivity contribution in [3.05, 3.63) is 209 Å². The molecule has 71 heavy (non-hydrogen) atoms. The summed E-state index contributed by atoms with van der Waals surface area (Å²) >= 11 is 0. The van der Waals surface area contributed by atoms with Crippen molar-refractivity contribution in [1.29, 1.82) is 0 Å². The van der Waals surface area contributed by atoms with Gasteiger partial charge in [0.2, 0.25) is 0 Å². The van der Waals surface area contributed by atoms with Crippen LogP contribution in [0.3, 0.4) is 0 Å². The molecule has 0 saturated carbocycles. The summed E-state index contributed by atoms with van der Waals surface area (Å²) in [4.78, 5) is 5.02. The Balaban J connectivity index is 1.26. The van der Waals surface area contributed by atoms with Crippen molar-refractivity contribution >= 4 is 21.8 Å². The van der Waals surface area contributed by atoms with Crippen molar-refractivity contribution < 1.29 is 9.30 Å². The Bertz CT molecular complexity index is 3410. The lowest BCUT2D eigenvalue weighted by molar-refractivity contribution is -0.599. The first-order valence-corrected chi connectivity index (χ1v) is 25.4. The quantitative estimate of drug-likeness (QED) is 0.107.